The summed E-state index contributed by atoms with van der Waals surface area (Å²) in [5.74, 6) is -0.694. The molecule has 0 bridgehead atoms. The molecule has 0 aromatic heterocycles. The Hall–Kier alpha value is -2.78. The van der Waals surface area contributed by atoms with Crippen molar-refractivity contribution in [3.63, 3.8) is 0 Å². The predicted molar refractivity (Wildman–Crippen MR) is 123 cm³/mol. The van der Waals surface area contributed by atoms with Gasteiger partial charge in [-0.15, -0.1) is 0 Å². The average Bonchev–Trinajstić information content (AvgIpc) is 2.71. The maximum absolute atomic E-state index is 12.7. The third kappa shape index (κ3) is 6.86. The molecular formula is C21H26ClN3O5S. The van der Waals surface area contributed by atoms with Crippen molar-refractivity contribution in [1.29, 1.82) is 0 Å². The lowest BCUT2D eigenvalue weighted by molar-refractivity contribution is -0.114. The number of carbonyl (C=O) groups excluding carboxylic acids is 2. The Balaban J connectivity index is 2.26. The smallest absolute Gasteiger partial charge is 0.253 e. The molecule has 2 N–H and O–H groups in total. The van der Waals surface area contributed by atoms with Gasteiger partial charge in [-0.25, -0.2) is 8.42 Å². The molecule has 0 atom stereocenters. The Bertz CT molecular complexity index is 1040. The van der Waals surface area contributed by atoms with Crippen molar-refractivity contribution >= 4 is 44.8 Å². The van der Waals surface area contributed by atoms with E-state index in [0.29, 0.717) is 11.6 Å². The van der Waals surface area contributed by atoms with Gasteiger partial charge in [0.05, 0.1) is 30.3 Å². The number of sulfonamides is 1. The van der Waals surface area contributed by atoms with Gasteiger partial charge in [0.25, 0.3) is 5.91 Å². The minimum atomic E-state index is -3.84. The zero-order chi connectivity index (χ0) is 23.0. The summed E-state index contributed by atoms with van der Waals surface area (Å²) in [5.41, 5.74) is 0.712. The largest absolute Gasteiger partial charge is 0.495 e. The van der Waals surface area contributed by atoms with Crippen LogP contribution in [0, 0.1) is 0 Å². The Morgan fingerprint density at radius 2 is 1.87 bits per heavy atom. The maximum Gasteiger partial charge on any atom is 0.253 e. The van der Waals surface area contributed by atoms with Gasteiger partial charge in [0.15, 0.2) is 0 Å². The van der Waals surface area contributed by atoms with Crippen LogP contribution in [0.15, 0.2) is 42.5 Å². The van der Waals surface area contributed by atoms with Gasteiger partial charge < -0.3 is 15.4 Å². The average molecular weight is 468 g/mol. The van der Waals surface area contributed by atoms with Gasteiger partial charge in [0, 0.05) is 11.6 Å². The number of ether oxygens (including phenoxy) is 1. The number of nitrogens with zero attached hydrogens (tertiary/aromatic N) is 1. The Kier molecular flexibility index (Phi) is 8.70. The Morgan fingerprint density at radius 3 is 2.52 bits per heavy atom. The first-order valence-electron chi connectivity index (χ1n) is 9.65. The highest BCUT2D eigenvalue weighted by molar-refractivity contribution is 7.92. The number of rotatable bonds is 10. The predicted octanol–water partition coefficient (Wildman–Crippen LogP) is 3.28. The minimum absolute atomic E-state index is 0.137. The molecule has 0 fully saturated rings. The summed E-state index contributed by atoms with van der Waals surface area (Å²) in [7, 11) is -2.45. The zero-order valence-electron chi connectivity index (χ0n) is 17.6. The van der Waals surface area contributed by atoms with Crippen LogP contribution in [0.1, 0.15) is 30.1 Å². The van der Waals surface area contributed by atoms with Gasteiger partial charge in [0.1, 0.15) is 12.3 Å². The van der Waals surface area contributed by atoms with Crippen LogP contribution in [0.3, 0.4) is 0 Å². The van der Waals surface area contributed by atoms with Crippen LogP contribution in [0.2, 0.25) is 5.02 Å². The summed E-state index contributed by atoms with van der Waals surface area (Å²) in [5, 5.41) is 5.72. The van der Waals surface area contributed by atoms with Crippen molar-refractivity contribution < 1.29 is 22.7 Å². The van der Waals surface area contributed by atoms with Crippen molar-refractivity contribution in [2.75, 3.05) is 36.1 Å². The summed E-state index contributed by atoms with van der Waals surface area (Å²) in [6, 6.07) is 11.0. The van der Waals surface area contributed by atoms with Gasteiger partial charge in [-0.1, -0.05) is 37.1 Å². The fraction of sp³-hybridized carbons (Fsp3) is 0.333. The van der Waals surface area contributed by atoms with Crippen molar-refractivity contribution in [2.24, 2.45) is 0 Å². The first-order valence-corrected chi connectivity index (χ1v) is 11.9. The standard InChI is InChI=1S/C21H26ClN3O5S/c1-4-5-12-23-21(27)16-8-6-7-9-17(16)24-20(26)14-25(31(3,28)29)18-13-15(22)10-11-19(18)30-2/h6-11,13H,4-5,12,14H2,1-3H3,(H,23,27)(H,24,26). The highest BCUT2D eigenvalue weighted by Gasteiger charge is 2.25. The topological polar surface area (TPSA) is 105 Å². The van der Waals surface area contributed by atoms with Crippen LogP contribution in [-0.2, 0) is 14.8 Å². The van der Waals surface area contributed by atoms with E-state index in [1.165, 1.54) is 19.2 Å². The summed E-state index contributed by atoms with van der Waals surface area (Å²) >= 11 is 6.02. The third-order valence-electron chi connectivity index (χ3n) is 4.36. The van der Waals surface area contributed by atoms with Gasteiger partial charge in [0.2, 0.25) is 15.9 Å². The third-order valence-corrected chi connectivity index (χ3v) is 5.72. The molecule has 0 saturated heterocycles. The summed E-state index contributed by atoms with van der Waals surface area (Å²) in [6.07, 6.45) is 2.76. The van der Waals surface area contributed by atoms with E-state index in [1.807, 2.05) is 6.92 Å². The monoisotopic (exact) mass is 467 g/mol. The first kappa shape index (κ1) is 24.5. The molecule has 0 aliphatic carbocycles. The van der Waals surface area contributed by atoms with Crippen LogP contribution in [0.25, 0.3) is 0 Å². The molecule has 0 radical (unpaired) electrons. The fourth-order valence-electron chi connectivity index (χ4n) is 2.82. The number of hydrogen-bond donors (Lipinski definition) is 2. The highest BCUT2D eigenvalue weighted by atomic mass is 35.5. The van der Waals surface area contributed by atoms with E-state index in [1.54, 1.807) is 30.3 Å². The van der Waals surface area contributed by atoms with Gasteiger partial charge in [-0.3, -0.25) is 13.9 Å². The number of methoxy groups -OCH3 is 1. The lowest BCUT2D eigenvalue weighted by Gasteiger charge is -2.24. The number of carbonyl (C=O) groups is 2. The number of hydrogen-bond acceptors (Lipinski definition) is 5. The molecule has 2 amide bonds. The summed E-state index contributed by atoms with van der Waals surface area (Å²) < 4.78 is 30.9. The number of para-hydroxylation sites is 1. The van der Waals surface area contributed by atoms with Gasteiger partial charge in [-0.2, -0.15) is 0 Å². The number of benzene rings is 2. The lowest BCUT2D eigenvalue weighted by Crippen LogP contribution is -2.38. The molecule has 8 nitrogen and oxygen atoms in total. The molecule has 0 unspecified atom stereocenters. The van der Waals surface area contributed by atoms with Crippen LogP contribution >= 0.6 is 11.6 Å². The van der Waals surface area contributed by atoms with E-state index < -0.39 is 22.5 Å². The van der Waals surface area contributed by atoms with E-state index in [4.69, 9.17) is 16.3 Å². The van der Waals surface area contributed by atoms with Gasteiger partial charge >= 0.3 is 0 Å². The molecule has 10 heteroatoms. The van der Waals surface area contributed by atoms with Crippen molar-refractivity contribution in [2.45, 2.75) is 19.8 Å². The molecule has 0 saturated carbocycles. The molecule has 0 aliphatic rings. The van der Waals surface area contributed by atoms with Gasteiger partial charge in [-0.05, 0) is 36.8 Å². The van der Waals surface area contributed by atoms with Crippen LogP contribution in [0.4, 0.5) is 11.4 Å². The Morgan fingerprint density at radius 1 is 1.16 bits per heavy atom. The highest BCUT2D eigenvalue weighted by Crippen LogP contribution is 2.32. The lowest BCUT2D eigenvalue weighted by atomic mass is 10.1. The number of anilines is 2. The molecule has 0 spiro atoms. The van der Waals surface area contributed by atoms with Crippen LogP contribution in [-0.4, -0.2) is 46.7 Å². The second-order valence-corrected chi connectivity index (χ2v) is 9.13. The van der Waals surface area contributed by atoms with Crippen molar-refractivity contribution in [3.05, 3.63) is 53.1 Å². The molecular weight excluding hydrogens is 442 g/mol. The number of amides is 2. The second kappa shape index (κ2) is 11.0. The zero-order valence-corrected chi connectivity index (χ0v) is 19.2. The number of nitrogens with one attached hydrogen (secondary N) is 2. The molecule has 168 valence electrons. The number of halogens is 1. The van der Waals surface area contributed by atoms with Crippen LogP contribution < -0.4 is 19.7 Å². The quantitative estimate of drug-likeness (QED) is 0.522. The summed E-state index contributed by atoms with van der Waals surface area (Å²) in [4.78, 5) is 25.2. The summed E-state index contributed by atoms with van der Waals surface area (Å²) in [6.45, 7) is 2.01. The Labute approximate surface area is 187 Å². The van der Waals surface area contributed by atoms with Crippen molar-refractivity contribution in [1.82, 2.24) is 5.32 Å². The fourth-order valence-corrected chi connectivity index (χ4v) is 3.84. The minimum Gasteiger partial charge on any atom is -0.495 e. The normalized spacial score (nSPS) is 11.0. The van der Waals surface area contributed by atoms with E-state index >= 15 is 0 Å². The van der Waals surface area contributed by atoms with E-state index in [0.717, 1.165) is 23.4 Å². The second-order valence-electron chi connectivity index (χ2n) is 6.79. The van der Waals surface area contributed by atoms with E-state index in [2.05, 4.69) is 10.6 Å². The maximum atomic E-state index is 12.7. The number of unbranched alkanes of at least 4 members (excludes halogenated alkanes) is 1. The molecule has 2 aromatic rings. The van der Waals surface area contributed by atoms with Crippen LogP contribution in [0.5, 0.6) is 5.75 Å². The van der Waals surface area contributed by atoms with E-state index in [9.17, 15) is 18.0 Å². The molecule has 2 aromatic carbocycles. The molecule has 0 aliphatic heterocycles. The molecule has 0 heterocycles. The molecule has 2 rings (SSSR count). The van der Waals surface area contributed by atoms with Crippen molar-refractivity contribution in [3.8, 4) is 5.75 Å². The SMILES string of the molecule is CCCCNC(=O)c1ccccc1NC(=O)CN(c1cc(Cl)ccc1OC)S(C)(=O)=O. The molecule has 31 heavy (non-hydrogen) atoms. The van der Waals surface area contributed by atoms with E-state index in [-0.39, 0.29) is 28.6 Å². The first-order chi connectivity index (χ1) is 14.7.